The summed E-state index contributed by atoms with van der Waals surface area (Å²) in [5.74, 6) is -1.12. The predicted molar refractivity (Wildman–Crippen MR) is 103 cm³/mol. The first-order valence-electron chi connectivity index (χ1n) is 9.07. The van der Waals surface area contributed by atoms with Gasteiger partial charge in [-0.05, 0) is 49.9 Å². The molecule has 2 aromatic carbocycles. The van der Waals surface area contributed by atoms with Gasteiger partial charge in [0.1, 0.15) is 11.1 Å². The molecule has 4 N–H and O–H groups in total. The Labute approximate surface area is 163 Å². The summed E-state index contributed by atoms with van der Waals surface area (Å²) in [6.45, 7) is 2.20. The van der Waals surface area contributed by atoms with Crippen LogP contribution in [0, 0.1) is 0 Å². The summed E-state index contributed by atoms with van der Waals surface area (Å²) in [4.78, 5) is 11.9. The van der Waals surface area contributed by atoms with Gasteiger partial charge in [-0.2, -0.15) is 0 Å². The van der Waals surface area contributed by atoms with Crippen LogP contribution in [0.2, 0.25) is 0 Å². The molecule has 0 saturated carbocycles. The van der Waals surface area contributed by atoms with E-state index < -0.39 is 23.5 Å². The van der Waals surface area contributed by atoms with Crippen LogP contribution in [0.4, 0.5) is 8.78 Å². The van der Waals surface area contributed by atoms with E-state index in [-0.39, 0.29) is 6.54 Å². The number of hydroxylamine groups is 1. The normalized spacial score (nSPS) is 15.7. The van der Waals surface area contributed by atoms with Gasteiger partial charge in [-0.1, -0.05) is 54.6 Å². The van der Waals surface area contributed by atoms with Crippen molar-refractivity contribution < 1.29 is 23.9 Å². The van der Waals surface area contributed by atoms with Gasteiger partial charge in [0.05, 0.1) is 0 Å². The summed E-state index contributed by atoms with van der Waals surface area (Å²) in [7, 11) is 0. The molecule has 0 aliphatic carbocycles. The molecule has 0 bridgehead atoms. The van der Waals surface area contributed by atoms with Gasteiger partial charge in [-0.25, -0.2) is 14.3 Å². The molecular formula is C21H26F2N2O3. The summed E-state index contributed by atoms with van der Waals surface area (Å²) in [6, 6.07) is 18.0. The molecule has 2 aromatic rings. The third-order valence-corrected chi connectivity index (χ3v) is 5.17. The fourth-order valence-electron chi connectivity index (χ4n) is 2.94. The predicted octanol–water partition coefficient (Wildman–Crippen LogP) is 3.16. The monoisotopic (exact) mass is 392 g/mol. The maximum Gasteiger partial charge on any atom is 0.268 e. The molecule has 2 unspecified atom stereocenters. The molecule has 0 spiro atoms. The van der Waals surface area contributed by atoms with Crippen LogP contribution >= 0.6 is 0 Å². The Morgan fingerprint density at radius 3 is 2.14 bits per heavy atom. The Morgan fingerprint density at radius 2 is 1.61 bits per heavy atom. The Kier molecular flexibility index (Phi) is 7.23. The van der Waals surface area contributed by atoms with Gasteiger partial charge in [0.2, 0.25) is 0 Å². The van der Waals surface area contributed by atoms with Crippen molar-refractivity contribution in [3.8, 4) is 11.1 Å². The molecule has 0 fully saturated rings. The van der Waals surface area contributed by atoms with Crippen molar-refractivity contribution in [3.63, 3.8) is 0 Å². The van der Waals surface area contributed by atoms with E-state index in [9.17, 15) is 18.7 Å². The van der Waals surface area contributed by atoms with Crippen LogP contribution in [-0.4, -0.2) is 40.3 Å². The summed E-state index contributed by atoms with van der Waals surface area (Å²) < 4.78 is 26.4. The SMILES string of the molecule is CC(NCCCc1ccc(-c2ccccc2)cc1)(C(=O)NO)C(C)(O)C(F)F. The number of amides is 1. The molecule has 152 valence electrons. The molecule has 2 rings (SSSR count). The lowest BCUT2D eigenvalue weighted by molar-refractivity contribution is -0.167. The number of halogens is 2. The third kappa shape index (κ3) is 4.73. The fraction of sp³-hybridized carbons (Fsp3) is 0.381. The number of nitrogens with one attached hydrogen (secondary N) is 2. The highest BCUT2D eigenvalue weighted by Crippen LogP contribution is 2.29. The van der Waals surface area contributed by atoms with Crippen molar-refractivity contribution in [3.05, 3.63) is 60.2 Å². The highest BCUT2D eigenvalue weighted by molar-refractivity contribution is 5.86. The second-order valence-electron chi connectivity index (χ2n) is 7.11. The minimum atomic E-state index is -3.17. The van der Waals surface area contributed by atoms with Gasteiger partial charge in [0.15, 0.2) is 0 Å². The van der Waals surface area contributed by atoms with Crippen LogP contribution < -0.4 is 10.8 Å². The highest BCUT2D eigenvalue weighted by atomic mass is 19.3. The number of carbonyl (C=O) groups is 1. The van der Waals surface area contributed by atoms with E-state index in [0.29, 0.717) is 12.8 Å². The van der Waals surface area contributed by atoms with Crippen LogP contribution in [0.5, 0.6) is 0 Å². The van der Waals surface area contributed by atoms with E-state index in [1.807, 2.05) is 54.6 Å². The molecule has 7 heteroatoms. The minimum Gasteiger partial charge on any atom is -0.382 e. The number of benzene rings is 2. The van der Waals surface area contributed by atoms with E-state index in [1.54, 1.807) is 0 Å². The average Bonchev–Trinajstić information content (AvgIpc) is 2.71. The summed E-state index contributed by atoms with van der Waals surface area (Å²) in [5, 5.41) is 21.6. The smallest absolute Gasteiger partial charge is 0.268 e. The molecule has 28 heavy (non-hydrogen) atoms. The zero-order valence-electron chi connectivity index (χ0n) is 16.0. The maximum absolute atomic E-state index is 13.2. The van der Waals surface area contributed by atoms with Crippen molar-refractivity contribution >= 4 is 5.91 Å². The Balaban J connectivity index is 1.95. The molecule has 5 nitrogen and oxygen atoms in total. The molecular weight excluding hydrogens is 366 g/mol. The summed E-state index contributed by atoms with van der Waals surface area (Å²) >= 11 is 0. The fourth-order valence-corrected chi connectivity index (χ4v) is 2.94. The van der Waals surface area contributed by atoms with Crippen LogP contribution in [0.25, 0.3) is 11.1 Å². The lowest BCUT2D eigenvalue weighted by Gasteiger charge is -2.40. The molecule has 2 atom stereocenters. The average molecular weight is 392 g/mol. The number of rotatable bonds is 9. The van der Waals surface area contributed by atoms with E-state index in [2.05, 4.69) is 5.32 Å². The Bertz CT molecular complexity index is 767. The van der Waals surface area contributed by atoms with Gasteiger partial charge in [0, 0.05) is 0 Å². The number of alkyl halides is 2. The molecule has 0 radical (unpaired) electrons. The van der Waals surface area contributed by atoms with E-state index in [4.69, 9.17) is 5.21 Å². The van der Waals surface area contributed by atoms with Gasteiger partial charge >= 0.3 is 0 Å². The molecule has 1 amide bonds. The Morgan fingerprint density at radius 1 is 1.04 bits per heavy atom. The number of hydrogen-bond donors (Lipinski definition) is 4. The number of aliphatic hydroxyl groups is 1. The topological polar surface area (TPSA) is 81.6 Å². The number of hydrogen-bond acceptors (Lipinski definition) is 4. The molecule has 0 heterocycles. The first kappa shape index (κ1) is 21.9. The molecule has 0 aliphatic rings. The maximum atomic E-state index is 13.2. The zero-order valence-corrected chi connectivity index (χ0v) is 16.0. The first-order chi connectivity index (χ1) is 13.2. The largest absolute Gasteiger partial charge is 0.382 e. The Hall–Kier alpha value is -2.35. The van der Waals surface area contributed by atoms with Crippen LogP contribution in [-0.2, 0) is 11.2 Å². The number of aryl methyl sites for hydroxylation is 1. The third-order valence-electron chi connectivity index (χ3n) is 5.17. The molecule has 0 saturated heterocycles. The van der Waals surface area contributed by atoms with E-state index in [1.165, 1.54) is 5.48 Å². The van der Waals surface area contributed by atoms with Crippen molar-refractivity contribution in [2.45, 2.75) is 44.3 Å². The first-order valence-corrected chi connectivity index (χ1v) is 9.07. The van der Waals surface area contributed by atoms with Gasteiger partial charge in [-0.15, -0.1) is 0 Å². The van der Waals surface area contributed by atoms with Crippen molar-refractivity contribution in [1.29, 1.82) is 0 Å². The lowest BCUT2D eigenvalue weighted by atomic mass is 9.81. The number of carbonyl (C=O) groups excluding carboxylic acids is 1. The minimum absolute atomic E-state index is 0.202. The van der Waals surface area contributed by atoms with Gasteiger partial charge in [0.25, 0.3) is 12.3 Å². The lowest BCUT2D eigenvalue weighted by Crippen LogP contribution is -2.70. The van der Waals surface area contributed by atoms with Crippen molar-refractivity contribution in [1.82, 2.24) is 10.8 Å². The second-order valence-corrected chi connectivity index (χ2v) is 7.11. The van der Waals surface area contributed by atoms with Gasteiger partial charge in [-0.3, -0.25) is 10.0 Å². The van der Waals surface area contributed by atoms with Crippen LogP contribution in [0.15, 0.2) is 54.6 Å². The van der Waals surface area contributed by atoms with Gasteiger partial charge < -0.3 is 10.4 Å². The van der Waals surface area contributed by atoms with Crippen LogP contribution in [0.3, 0.4) is 0 Å². The highest BCUT2D eigenvalue weighted by Gasteiger charge is 2.54. The van der Waals surface area contributed by atoms with Crippen molar-refractivity contribution in [2.24, 2.45) is 0 Å². The van der Waals surface area contributed by atoms with E-state index in [0.717, 1.165) is 30.5 Å². The standard InChI is InChI=1S/C21H26F2N2O3/c1-20(19(26)25-28,21(2,27)18(22)23)24-14-6-7-15-10-12-17(13-11-15)16-8-4-3-5-9-16/h3-5,8-13,18,24,27-28H,6-7,14H2,1-2H3,(H,25,26). The van der Waals surface area contributed by atoms with Crippen LogP contribution in [0.1, 0.15) is 25.8 Å². The van der Waals surface area contributed by atoms with E-state index >= 15 is 0 Å². The molecule has 0 aliphatic heterocycles. The second kappa shape index (κ2) is 9.23. The van der Waals surface area contributed by atoms with Crippen molar-refractivity contribution in [2.75, 3.05) is 6.54 Å². The summed E-state index contributed by atoms with van der Waals surface area (Å²) in [5.41, 5.74) is -0.0660. The zero-order chi connectivity index (χ0) is 20.8. The quantitative estimate of drug-likeness (QED) is 0.300. The summed E-state index contributed by atoms with van der Waals surface area (Å²) in [6.07, 6.45) is -1.96. The molecule has 0 aromatic heterocycles.